The van der Waals surface area contributed by atoms with E-state index in [1.54, 1.807) is 16.8 Å². The number of benzene rings is 1. The molecule has 20 heavy (non-hydrogen) atoms. The largest absolute Gasteiger partial charge is 0.336 e. The van der Waals surface area contributed by atoms with Crippen molar-refractivity contribution in [1.82, 2.24) is 30.4 Å². The summed E-state index contributed by atoms with van der Waals surface area (Å²) >= 11 is 0. The van der Waals surface area contributed by atoms with Gasteiger partial charge in [-0.25, -0.2) is 4.68 Å². The van der Waals surface area contributed by atoms with Crippen molar-refractivity contribution in [3.63, 3.8) is 0 Å². The monoisotopic (exact) mass is 294 g/mol. The predicted molar refractivity (Wildman–Crippen MR) is 75.2 cm³/mol. The average molecular weight is 295 g/mol. The lowest BCUT2D eigenvalue weighted by molar-refractivity contribution is 0.0736. The highest BCUT2D eigenvalue weighted by Crippen LogP contribution is 2.10. The van der Waals surface area contributed by atoms with Gasteiger partial charge < -0.3 is 10.2 Å². The minimum atomic E-state index is 0. The summed E-state index contributed by atoms with van der Waals surface area (Å²) in [6.45, 7) is 3.23. The second-order valence-corrected chi connectivity index (χ2v) is 4.34. The van der Waals surface area contributed by atoms with E-state index in [0.717, 1.165) is 31.9 Å². The fraction of sp³-hybridized carbons (Fsp3) is 0.333. The third kappa shape index (κ3) is 2.94. The van der Waals surface area contributed by atoms with Gasteiger partial charge in [0.05, 0.1) is 5.69 Å². The number of halogens is 1. The summed E-state index contributed by atoms with van der Waals surface area (Å²) in [6, 6.07) is 7.29. The van der Waals surface area contributed by atoms with E-state index in [4.69, 9.17) is 0 Å². The van der Waals surface area contributed by atoms with Crippen molar-refractivity contribution in [2.75, 3.05) is 26.2 Å². The Morgan fingerprint density at radius 3 is 2.45 bits per heavy atom. The summed E-state index contributed by atoms with van der Waals surface area (Å²) in [4.78, 5) is 14.1. The SMILES string of the molecule is Cl.O=C(c1ccc(-n2cnnn2)cc1)N1CCNCC1. The second-order valence-electron chi connectivity index (χ2n) is 4.34. The smallest absolute Gasteiger partial charge is 0.253 e. The van der Waals surface area contributed by atoms with Gasteiger partial charge in [-0.1, -0.05) is 0 Å². The van der Waals surface area contributed by atoms with Gasteiger partial charge in [-0.3, -0.25) is 4.79 Å². The molecule has 0 bridgehead atoms. The molecule has 1 amide bonds. The summed E-state index contributed by atoms with van der Waals surface area (Å²) in [5.74, 6) is 0.0739. The molecule has 3 rings (SSSR count). The lowest BCUT2D eigenvalue weighted by Gasteiger charge is -2.27. The number of nitrogens with one attached hydrogen (secondary N) is 1. The molecule has 1 aromatic carbocycles. The van der Waals surface area contributed by atoms with E-state index in [2.05, 4.69) is 20.8 Å². The molecule has 1 aromatic heterocycles. The first-order valence-corrected chi connectivity index (χ1v) is 6.18. The van der Waals surface area contributed by atoms with Gasteiger partial charge in [-0.05, 0) is 34.7 Å². The predicted octanol–water partition coefficient (Wildman–Crippen LogP) is 0.129. The Morgan fingerprint density at radius 2 is 1.85 bits per heavy atom. The number of aromatic nitrogens is 4. The van der Waals surface area contributed by atoms with Crippen LogP contribution in [0.2, 0.25) is 0 Å². The molecule has 0 saturated carbocycles. The van der Waals surface area contributed by atoms with Crippen LogP contribution in [0.5, 0.6) is 0 Å². The molecule has 0 unspecified atom stereocenters. The van der Waals surface area contributed by atoms with Crippen LogP contribution < -0.4 is 5.32 Å². The van der Waals surface area contributed by atoms with Gasteiger partial charge in [0.25, 0.3) is 5.91 Å². The number of carbonyl (C=O) groups excluding carboxylic acids is 1. The number of hydrogen-bond donors (Lipinski definition) is 1. The number of carbonyl (C=O) groups is 1. The van der Waals surface area contributed by atoms with Gasteiger partial charge in [0.2, 0.25) is 0 Å². The second kappa shape index (κ2) is 6.44. The Morgan fingerprint density at radius 1 is 1.15 bits per heavy atom. The molecule has 1 saturated heterocycles. The van der Waals surface area contributed by atoms with Crippen LogP contribution in [0, 0.1) is 0 Å². The fourth-order valence-electron chi connectivity index (χ4n) is 2.09. The van der Waals surface area contributed by atoms with Crippen LogP contribution in [0.4, 0.5) is 0 Å². The molecule has 0 radical (unpaired) electrons. The normalized spacial score (nSPS) is 14.7. The summed E-state index contributed by atoms with van der Waals surface area (Å²) in [7, 11) is 0. The van der Waals surface area contributed by atoms with Gasteiger partial charge in [-0.15, -0.1) is 17.5 Å². The minimum Gasteiger partial charge on any atom is -0.336 e. The highest BCUT2D eigenvalue weighted by Gasteiger charge is 2.17. The van der Waals surface area contributed by atoms with Crippen LogP contribution in [0.3, 0.4) is 0 Å². The van der Waals surface area contributed by atoms with E-state index in [9.17, 15) is 4.79 Å². The zero-order chi connectivity index (χ0) is 13.1. The van der Waals surface area contributed by atoms with Crippen LogP contribution in [0.15, 0.2) is 30.6 Å². The Kier molecular flexibility index (Phi) is 4.65. The van der Waals surface area contributed by atoms with Crippen LogP contribution in [-0.2, 0) is 0 Å². The zero-order valence-corrected chi connectivity index (χ0v) is 11.6. The Labute approximate surface area is 122 Å². The molecule has 0 spiro atoms. The van der Waals surface area contributed by atoms with E-state index >= 15 is 0 Å². The molecule has 2 heterocycles. The summed E-state index contributed by atoms with van der Waals surface area (Å²) < 4.78 is 1.55. The molecule has 0 atom stereocenters. The van der Waals surface area contributed by atoms with Crippen LogP contribution in [-0.4, -0.2) is 57.2 Å². The van der Waals surface area contributed by atoms with E-state index in [1.807, 2.05) is 17.0 Å². The van der Waals surface area contributed by atoms with E-state index in [0.29, 0.717) is 5.56 Å². The van der Waals surface area contributed by atoms with E-state index in [1.165, 1.54) is 6.33 Å². The van der Waals surface area contributed by atoms with Gasteiger partial charge in [0.15, 0.2) is 0 Å². The van der Waals surface area contributed by atoms with Crippen molar-refractivity contribution in [3.8, 4) is 5.69 Å². The number of rotatable bonds is 2. The Balaban J connectivity index is 0.00000147. The molecular weight excluding hydrogens is 280 g/mol. The van der Waals surface area contributed by atoms with Gasteiger partial charge >= 0.3 is 0 Å². The number of piperazine rings is 1. The van der Waals surface area contributed by atoms with Gasteiger partial charge in [0.1, 0.15) is 6.33 Å². The summed E-state index contributed by atoms with van der Waals surface area (Å²) in [6.07, 6.45) is 1.52. The van der Waals surface area contributed by atoms with E-state index in [-0.39, 0.29) is 18.3 Å². The first-order valence-electron chi connectivity index (χ1n) is 6.18. The standard InChI is InChI=1S/C12H14N6O.ClH/c19-12(17-7-5-13-6-8-17)10-1-3-11(4-2-10)18-9-14-15-16-18;/h1-4,9,13H,5-8H2;1H. The molecule has 8 heteroatoms. The van der Waals surface area contributed by atoms with Gasteiger partial charge in [0, 0.05) is 31.7 Å². The Hall–Kier alpha value is -1.99. The van der Waals surface area contributed by atoms with Crippen molar-refractivity contribution in [1.29, 1.82) is 0 Å². The van der Waals surface area contributed by atoms with Crippen LogP contribution >= 0.6 is 12.4 Å². The molecule has 0 aliphatic carbocycles. The molecule has 2 aromatic rings. The zero-order valence-electron chi connectivity index (χ0n) is 10.8. The fourth-order valence-corrected chi connectivity index (χ4v) is 2.09. The molecule has 1 aliphatic heterocycles. The Bertz CT molecular complexity index is 550. The van der Waals surface area contributed by atoms with Gasteiger partial charge in [-0.2, -0.15) is 0 Å². The highest BCUT2D eigenvalue weighted by atomic mass is 35.5. The highest BCUT2D eigenvalue weighted by molar-refractivity contribution is 5.94. The molecule has 106 valence electrons. The van der Waals surface area contributed by atoms with E-state index < -0.39 is 0 Å². The lowest BCUT2D eigenvalue weighted by atomic mass is 10.1. The average Bonchev–Trinajstić information content (AvgIpc) is 3.02. The first-order chi connectivity index (χ1) is 9.34. The maximum absolute atomic E-state index is 12.2. The van der Waals surface area contributed by atoms with Crippen molar-refractivity contribution >= 4 is 18.3 Å². The first kappa shape index (κ1) is 14.4. The summed E-state index contributed by atoms with van der Waals surface area (Å²) in [5, 5.41) is 14.2. The third-order valence-electron chi connectivity index (χ3n) is 3.13. The number of nitrogens with zero attached hydrogens (tertiary/aromatic N) is 5. The molecule has 7 nitrogen and oxygen atoms in total. The molecule has 1 N–H and O–H groups in total. The van der Waals surface area contributed by atoms with Crippen molar-refractivity contribution in [3.05, 3.63) is 36.2 Å². The van der Waals surface area contributed by atoms with Crippen molar-refractivity contribution in [2.24, 2.45) is 0 Å². The van der Waals surface area contributed by atoms with Crippen LogP contribution in [0.1, 0.15) is 10.4 Å². The quantitative estimate of drug-likeness (QED) is 0.852. The molecule has 1 fully saturated rings. The maximum atomic E-state index is 12.2. The van der Waals surface area contributed by atoms with Crippen molar-refractivity contribution in [2.45, 2.75) is 0 Å². The van der Waals surface area contributed by atoms with Crippen LogP contribution in [0.25, 0.3) is 5.69 Å². The number of tetrazole rings is 1. The van der Waals surface area contributed by atoms with Crippen molar-refractivity contribution < 1.29 is 4.79 Å². The number of amides is 1. The molecular formula is C12H15ClN6O. The summed E-state index contributed by atoms with van der Waals surface area (Å²) in [5.41, 5.74) is 1.53. The number of hydrogen-bond acceptors (Lipinski definition) is 5. The minimum absolute atomic E-state index is 0. The molecule has 1 aliphatic rings. The third-order valence-corrected chi connectivity index (χ3v) is 3.13. The topological polar surface area (TPSA) is 75.9 Å². The maximum Gasteiger partial charge on any atom is 0.253 e. The lowest BCUT2D eigenvalue weighted by Crippen LogP contribution is -2.46.